The van der Waals surface area contributed by atoms with Crippen molar-refractivity contribution < 1.29 is 42.1 Å². The number of carbonyl (C=O) groups is 2. The van der Waals surface area contributed by atoms with E-state index in [1.54, 1.807) is 0 Å². The maximum absolute atomic E-state index is 14.0. The monoisotopic (exact) mass is 467 g/mol. The van der Waals surface area contributed by atoms with Gasteiger partial charge in [0.25, 0.3) is 5.91 Å². The van der Waals surface area contributed by atoms with E-state index >= 15 is 0 Å². The first kappa shape index (κ1) is 23.6. The van der Waals surface area contributed by atoms with Gasteiger partial charge in [-0.3, -0.25) is 9.59 Å². The molecule has 1 amide bonds. The predicted molar refractivity (Wildman–Crippen MR) is 106 cm³/mol. The van der Waals surface area contributed by atoms with Gasteiger partial charge in [-0.2, -0.15) is 23.0 Å². The topological polar surface area (TPSA) is 114 Å². The zero-order chi connectivity index (χ0) is 24.3. The first-order valence-electron chi connectivity index (χ1n) is 9.33. The van der Waals surface area contributed by atoms with Crippen LogP contribution in [0.25, 0.3) is 5.69 Å². The van der Waals surface area contributed by atoms with Crippen molar-refractivity contribution in [1.82, 2.24) is 15.1 Å². The molecule has 3 aromatic rings. The van der Waals surface area contributed by atoms with Crippen molar-refractivity contribution in [2.45, 2.75) is 18.6 Å². The third-order valence-corrected chi connectivity index (χ3v) is 4.63. The van der Waals surface area contributed by atoms with Gasteiger partial charge in [0.2, 0.25) is 5.88 Å². The molecule has 3 rings (SSSR count). The number of hydrogen-bond acceptors (Lipinski definition) is 5. The van der Waals surface area contributed by atoms with E-state index in [0.717, 1.165) is 22.9 Å². The Morgan fingerprint density at radius 2 is 1.88 bits per heavy atom. The number of rotatable bonds is 7. The number of alkyl halides is 3. The Morgan fingerprint density at radius 1 is 1.18 bits per heavy atom. The van der Waals surface area contributed by atoms with Crippen LogP contribution >= 0.6 is 0 Å². The Bertz CT molecular complexity index is 1190. The number of hydrogen-bond donors (Lipinski definition) is 3. The summed E-state index contributed by atoms with van der Waals surface area (Å²) in [6, 6.07) is 7.41. The number of para-hydroxylation sites is 1. The van der Waals surface area contributed by atoms with Crippen LogP contribution in [0.5, 0.6) is 11.6 Å². The second-order valence-electron chi connectivity index (χ2n) is 6.83. The maximum atomic E-state index is 14.0. The lowest BCUT2D eigenvalue weighted by molar-refractivity contribution is -0.140. The molecule has 0 bridgehead atoms. The maximum Gasteiger partial charge on any atom is 0.416 e. The largest absolute Gasteiger partial charge is 0.497 e. The van der Waals surface area contributed by atoms with E-state index in [4.69, 9.17) is 4.74 Å². The van der Waals surface area contributed by atoms with Crippen LogP contribution in [0.4, 0.5) is 17.6 Å². The highest BCUT2D eigenvalue weighted by molar-refractivity contribution is 5.93. The van der Waals surface area contributed by atoms with Gasteiger partial charge in [0.1, 0.15) is 17.3 Å². The van der Waals surface area contributed by atoms with E-state index in [9.17, 15) is 37.4 Å². The second kappa shape index (κ2) is 9.18. The Morgan fingerprint density at radius 3 is 2.48 bits per heavy atom. The summed E-state index contributed by atoms with van der Waals surface area (Å²) < 4.78 is 60.4. The number of carboxylic acids is 1. The molecule has 1 aromatic heterocycles. The number of carboxylic acid groups (broad SMARTS) is 1. The summed E-state index contributed by atoms with van der Waals surface area (Å²) in [5, 5.41) is 25.2. The molecule has 1 atom stereocenters. The van der Waals surface area contributed by atoms with Crippen molar-refractivity contribution in [3.63, 3.8) is 0 Å². The number of aromatic nitrogens is 2. The number of nitrogens with zero attached hydrogens (tertiary/aromatic N) is 2. The molecule has 8 nitrogen and oxygen atoms in total. The number of methoxy groups -OCH3 is 1. The van der Waals surface area contributed by atoms with Gasteiger partial charge in [-0.25, -0.2) is 4.39 Å². The number of benzene rings is 2. The fraction of sp³-hybridized carbons (Fsp3) is 0.190. The molecule has 0 saturated carbocycles. The molecule has 0 aliphatic carbocycles. The molecule has 33 heavy (non-hydrogen) atoms. The number of aliphatic carboxylic acids is 1. The van der Waals surface area contributed by atoms with Crippen molar-refractivity contribution in [2.24, 2.45) is 0 Å². The minimum absolute atomic E-state index is 0.111. The number of carbonyl (C=O) groups excluding carboxylic acids is 1. The first-order valence-corrected chi connectivity index (χ1v) is 9.33. The predicted octanol–water partition coefficient (Wildman–Crippen LogP) is 3.69. The normalized spacial score (nSPS) is 12.3. The fourth-order valence-corrected chi connectivity index (χ4v) is 3.14. The zero-order valence-corrected chi connectivity index (χ0v) is 16.9. The van der Waals surface area contributed by atoms with E-state index in [0.29, 0.717) is 6.07 Å². The third kappa shape index (κ3) is 5.22. The van der Waals surface area contributed by atoms with Crippen LogP contribution in [0.15, 0.2) is 48.5 Å². The highest BCUT2D eigenvalue weighted by Gasteiger charge is 2.37. The lowest BCUT2D eigenvalue weighted by Gasteiger charge is -2.22. The molecule has 0 saturated heterocycles. The lowest BCUT2D eigenvalue weighted by atomic mass is 9.96. The Labute approximate surface area is 184 Å². The van der Waals surface area contributed by atoms with E-state index in [1.807, 2.05) is 0 Å². The molecule has 1 unspecified atom stereocenters. The van der Waals surface area contributed by atoms with E-state index in [2.05, 4.69) is 10.4 Å². The number of nitrogens with one attached hydrogen (secondary N) is 1. The lowest BCUT2D eigenvalue weighted by Crippen LogP contribution is -2.32. The van der Waals surface area contributed by atoms with Crippen LogP contribution in [0, 0.1) is 5.82 Å². The fourth-order valence-electron chi connectivity index (χ4n) is 3.14. The van der Waals surface area contributed by atoms with E-state index < -0.39 is 59.0 Å². The summed E-state index contributed by atoms with van der Waals surface area (Å²) in [5.74, 6) is -4.01. The summed E-state index contributed by atoms with van der Waals surface area (Å²) in [4.78, 5) is 24.0. The number of halogens is 4. The van der Waals surface area contributed by atoms with Crippen molar-refractivity contribution in [3.8, 4) is 17.3 Å². The van der Waals surface area contributed by atoms with Gasteiger partial charge in [0.15, 0.2) is 5.69 Å². The van der Waals surface area contributed by atoms with Gasteiger partial charge < -0.3 is 20.3 Å². The SMILES string of the molecule is COc1ccc(C(CC(=O)O)NC(=O)c2cc(O)n(-c3ccccc3F)n2)c(C(F)(F)F)c1. The van der Waals surface area contributed by atoms with Gasteiger partial charge in [-0.15, -0.1) is 0 Å². The molecule has 3 N–H and O–H groups in total. The van der Waals surface area contributed by atoms with Crippen LogP contribution in [-0.4, -0.2) is 39.0 Å². The molecule has 0 aliphatic heterocycles. The van der Waals surface area contributed by atoms with Crippen molar-refractivity contribution in [2.75, 3.05) is 7.11 Å². The summed E-state index contributed by atoms with van der Waals surface area (Å²) in [5.41, 5.74) is -2.33. The van der Waals surface area contributed by atoms with Gasteiger partial charge in [0, 0.05) is 6.07 Å². The quantitative estimate of drug-likeness (QED) is 0.457. The van der Waals surface area contributed by atoms with Crippen LogP contribution in [0.2, 0.25) is 0 Å². The van der Waals surface area contributed by atoms with E-state index in [1.165, 1.54) is 31.4 Å². The van der Waals surface area contributed by atoms with Gasteiger partial charge in [0.05, 0.1) is 25.1 Å². The van der Waals surface area contributed by atoms with Crippen molar-refractivity contribution >= 4 is 11.9 Å². The minimum atomic E-state index is -4.87. The summed E-state index contributed by atoms with van der Waals surface area (Å²) in [6.07, 6.45) is -5.74. The Balaban J connectivity index is 1.97. The summed E-state index contributed by atoms with van der Waals surface area (Å²) in [6.45, 7) is 0. The molecular formula is C21H17F4N3O5. The van der Waals surface area contributed by atoms with Gasteiger partial charge >= 0.3 is 12.1 Å². The smallest absolute Gasteiger partial charge is 0.416 e. The average Bonchev–Trinajstić information content (AvgIpc) is 3.13. The second-order valence-corrected chi connectivity index (χ2v) is 6.83. The molecule has 1 heterocycles. The number of amides is 1. The zero-order valence-electron chi connectivity index (χ0n) is 16.9. The molecule has 174 valence electrons. The van der Waals surface area contributed by atoms with Gasteiger partial charge in [-0.05, 0) is 29.8 Å². The molecule has 2 aromatic carbocycles. The summed E-state index contributed by atoms with van der Waals surface area (Å²) >= 11 is 0. The highest BCUT2D eigenvalue weighted by atomic mass is 19.4. The highest BCUT2D eigenvalue weighted by Crippen LogP contribution is 2.38. The number of ether oxygens (including phenoxy) is 1. The minimum Gasteiger partial charge on any atom is -0.497 e. The van der Waals surface area contributed by atoms with Crippen LogP contribution < -0.4 is 10.1 Å². The molecular weight excluding hydrogens is 450 g/mol. The third-order valence-electron chi connectivity index (χ3n) is 4.63. The van der Waals surface area contributed by atoms with E-state index in [-0.39, 0.29) is 11.4 Å². The van der Waals surface area contributed by atoms with Crippen LogP contribution in [0.1, 0.15) is 34.1 Å². The molecule has 0 spiro atoms. The summed E-state index contributed by atoms with van der Waals surface area (Å²) in [7, 11) is 1.17. The standard InChI is InChI=1S/C21H17F4N3O5/c1-33-11-6-7-12(13(8-11)21(23,24)25)15(10-19(30)31)26-20(32)16-9-18(29)28(27-16)17-5-3-2-4-14(17)22/h2-9,15,29H,10H2,1H3,(H,26,32)(H,30,31). The molecule has 0 aliphatic rings. The Hall–Kier alpha value is -4.09. The number of aromatic hydroxyl groups is 1. The van der Waals surface area contributed by atoms with Crippen molar-refractivity contribution in [1.29, 1.82) is 0 Å². The molecule has 0 fully saturated rings. The first-order chi connectivity index (χ1) is 15.5. The van der Waals surface area contributed by atoms with Crippen LogP contribution in [0.3, 0.4) is 0 Å². The average molecular weight is 467 g/mol. The Kier molecular flexibility index (Phi) is 6.56. The van der Waals surface area contributed by atoms with Crippen molar-refractivity contribution in [3.05, 3.63) is 71.2 Å². The molecule has 0 radical (unpaired) electrons. The van der Waals surface area contributed by atoms with Gasteiger partial charge in [-0.1, -0.05) is 18.2 Å². The van der Waals surface area contributed by atoms with Crippen LogP contribution in [-0.2, 0) is 11.0 Å². The molecule has 12 heteroatoms.